The third-order valence-corrected chi connectivity index (χ3v) is 8.71. The van der Waals surface area contributed by atoms with Crippen LogP contribution in [0.2, 0.25) is 0 Å². The van der Waals surface area contributed by atoms with Gasteiger partial charge in [0.1, 0.15) is 17.9 Å². The number of nitrogens with zero attached hydrogens (tertiary/aromatic N) is 5. The molecule has 2 saturated heterocycles. The Bertz CT molecular complexity index is 1150. The third kappa shape index (κ3) is 6.04. The van der Waals surface area contributed by atoms with Crippen LogP contribution in [0, 0.1) is 17.2 Å². The first-order valence-corrected chi connectivity index (χ1v) is 14.5. The first-order valence-electron chi connectivity index (χ1n) is 14.5. The lowest BCUT2D eigenvalue weighted by Gasteiger charge is -2.54. The highest BCUT2D eigenvalue weighted by atomic mass is 19.1. The predicted octanol–water partition coefficient (Wildman–Crippen LogP) is 4.70. The molecule has 1 saturated carbocycles. The van der Waals surface area contributed by atoms with E-state index in [1.54, 1.807) is 11.1 Å². The number of benzene rings is 1. The van der Waals surface area contributed by atoms with E-state index in [0.717, 1.165) is 38.9 Å². The summed E-state index contributed by atoms with van der Waals surface area (Å²) in [7, 11) is 0. The Morgan fingerprint density at radius 3 is 2.56 bits per heavy atom. The maximum Gasteiger partial charge on any atom is 0.258 e. The number of hydrogen-bond acceptors (Lipinski definition) is 7. The molecule has 3 aliphatic rings. The molecule has 3 fully saturated rings. The monoisotopic (exact) mass is 538 g/mol. The second kappa shape index (κ2) is 11.4. The average molecular weight is 539 g/mol. The average Bonchev–Trinajstić information content (AvgIpc) is 3.34. The lowest BCUT2D eigenvalue weighted by atomic mass is 9.67. The van der Waals surface area contributed by atoms with Gasteiger partial charge in [-0.1, -0.05) is 0 Å². The van der Waals surface area contributed by atoms with Crippen molar-refractivity contribution in [3.8, 4) is 11.5 Å². The summed E-state index contributed by atoms with van der Waals surface area (Å²) in [4.78, 5) is 28.8. The summed E-state index contributed by atoms with van der Waals surface area (Å²) < 4.78 is 20.6. The van der Waals surface area contributed by atoms with Crippen molar-refractivity contribution in [3.05, 3.63) is 42.1 Å². The fourth-order valence-corrected chi connectivity index (χ4v) is 6.84. The van der Waals surface area contributed by atoms with Crippen molar-refractivity contribution >= 4 is 11.7 Å². The smallest absolute Gasteiger partial charge is 0.258 e. The topological polar surface area (TPSA) is 87.8 Å². The zero-order chi connectivity index (χ0) is 27.7. The van der Waals surface area contributed by atoms with Gasteiger partial charge < -0.3 is 25.2 Å². The van der Waals surface area contributed by atoms with E-state index in [2.05, 4.69) is 19.8 Å². The van der Waals surface area contributed by atoms with Gasteiger partial charge in [-0.3, -0.25) is 4.79 Å². The number of rotatable bonds is 8. The molecule has 1 atom stereocenters. The van der Waals surface area contributed by atoms with E-state index >= 15 is 0 Å². The molecule has 39 heavy (non-hydrogen) atoms. The number of anilines is 1. The predicted molar refractivity (Wildman–Crippen MR) is 151 cm³/mol. The quantitative estimate of drug-likeness (QED) is 0.521. The van der Waals surface area contributed by atoms with E-state index in [0.29, 0.717) is 34.7 Å². The second-order valence-electron chi connectivity index (χ2n) is 12.5. The molecule has 2 aliphatic heterocycles. The molecule has 1 aromatic heterocycles. The van der Waals surface area contributed by atoms with E-state index in [1.165, 1.54) is 50.5 Å². The highest BCUT2D eigenvalue weighted by Gasteiger charge is 2.45. The van der Waals surface area contributed by atoms with Gasteiger partial charge in [-0.2, -0.15) is 0 Å². The molecule has 1 unspecified atom stereocenters. The van der Waals surface area contributed by atoms with Gasteiger partial charge in [-0.15, -0.1) is 0 Å². The first kappa shape index (κ1) is 27.8. The summed E-state index contributed by atoms with van der Waals surface area (Å²) in [5, 5.41) is 0. The van der Waals surface area contributed by atoms with Gasteiger partial charge in [-0.05, 0) is 89.3 Å². The third-order valence-electron chi connectivity index (χ3n) is 8.71. The number of carbonyl (C=O) groups is 1. The minimum absolute atomic E-state index is 0.0391. The summed E-state index contributed by atoms with van der Waals surface area (Å²) in [5.74, 6) is 1.31. The molecule has 1 amide bonds. The first-order chi connectivity index (χ1) is 18.6. The summed E-state index contributed by atoms with van der Waals surface area (Å²) in [6, 6.07) is 4.40. The number of ether oxygens (including phenoxy) is 1. The number of carbonyl (C=O) groups excluding carboxylic acids is 1. The van der Waals surface area contributed by atoms with Crippen molar-refractivity contribution in [1.29, 1.82) is 0 Å². The SMILES string of the molecule is CC(C)N(C(=O)c1cc(F)ccc1Oc1cncnc1N1CCC(CN2CC3(CCC(N)CC3)C2)C1)C(C)C. The van der Waals surface area contributed by atoms with Crippen molar-refractivity contribution in [2.45, 2.75) is 77.9 Å². The molecule has 212 valence electrons. The Balaban J connectivity index is 1.26. The second-order valence-corrected chi connectivity index (χ2v) is 12.5. The van der Waals surface area contributed by atoms with Crippen LogP contribution >= 0.6 is 0 Å². The number of nitrogens with two attached hydrogens (primary N) is 1. The van der Waals surface area contributed by atoms with Gasteiger partial charge in [0, 0.05) is 50.8 Å². The van der Waals surface area contributed by atoms with E-state index in [4.69, 9.17) is 10.5 Å². The Morgan fingerprint density at radius 1 is 1.15 bits per heavy atom. The number of halogens is 1. The van der Waals surface area contributed by atoms with Gasteiger partial charge in [0.25, 0.3) is 5.91 Å². The lowest BCUT2D eigenvalue weighted by Crippen LogP contribution is -2.59. The van der Waals surface area contributed by atoms with Gasteiger partial charge in [0.2, 0.25) is 0 Å². The van der Waals surface area contributed by atoms with E-state index in [-0.39, 0.29) is 23.6 Å². The van der Waals surface area contributed by atoms with Crippen LogP contribution in [0.5, 0.6) is 11.5 Å². The molecule has 1 spiro atoms. The van der Waals surface area contributed by atoms with Gasteiger partial charge in [0.05, 0.1) is 11.8 Å². The molecule has 1 aromatic carbocycles. The molecule has 3 heterocycles. The highest BCUT2D eigenvalue weighted by molar-refractivity contribution is 5.97. The minimum atomic E-state index is -0.478. The van der Waals surface area contributed by atoms with Gasteiger partial charge in [0.15, 0.2) is 11.6 Å². The molecule has 8 nitrogen and oxygen atoms in total. The zero-order valence-corrected chi connectivity index (χ0v) is 23.8. The lowest BCUT2D eigenvalue weighted by molar-refractivity contribution is -0.0377. The van der Waals surface area contributed by atoms with Crippen molar-refractivity contribution in [2.75, 3.05) is 37.6 Å². The molecular formula is C30H43FN6O2. The number of aromatic nitrogens is 2. The molecule has 2 aromatic rings. The molecule has 9 heteroatoms. The minimum Gasteiger partial charge on any atom is -0.451 e. The molecule has 0 radical (unpaired) electrons. The van der Waals surface area contributed by atoms with Crippen LogP contribution in [0.15, 0.2) is 30.7 Å². The summed E-state index contributed by atoms with van der Waals surface area (Å²) in [6.45, 7) is 13.1. The van der Waals surface area contributed by atoms with Crippen molar-refractivity contribution in [2.24, 2.45) is 17.1 Å². The Labute approximate surface area is 231 Å². The normalized spacial score (nSPS) is 21.5. The highest BCUT2D eigenvalue weighted by Crippen LogP contribution is 2.44. The summed E-state index contributed by atoms with van der Waals surface area (Å²) in [5.41, 5.74) is 6.83. The Hall–Kier alpha value is -2.78. The Kier molecular flexibility index (Phi) is 8.10. The largest absolute Gasteiger partial charge is 0.451 e. The van der Waals surface area contributed by atoms with Crippen LogP contribution in [0.1, 0.15) is 70.2 Å². The maximum absolute atomic E-state index is 14.3. The van der Waals surface area contributed by atoms with Crippen LogP contribution < -0.4 is 15.4 Å². The standard InChI is InChI=1S/C30H43FN6O2/c1-20(2)37(21(3)4)29(38)25-13-23(31)5-6-26(25)39-27-14-33-19-34-28(27)36-12-9-22(16-36)15-35-17-30(18-35)10-7-24(32)8-11-30/h5-6,13-14,19-22,24H,7-12,15-18,32H2,1-4H3. The van der Waals surface area contributed by atoms with Crippen LogP contribution in [0.3, 0.4) is 0 Å². The molecular weight excluding hydrogens is 495 g/mol. The maximum atomic E-state index is 14.3. The number of amides is 1. The van der Waals surface area contributed by atoms with E-state index in [9.17, 15) is 9.18 Å². The van der Waals surface area contributed by atoms with E-state index < -0.39 is 5.82 Å². The van der Waals surface area contributed by atoms with E-state index in [1.807, 2.05) is 27.7 Å². The van der Waals surface area contributed by atoms with Gasteiger partial charge in [-0.25, -0.2) is 14.4 Å². The van der Waals surface area contributed by atoms with Crippen molar-refractivity contribution < 1.29 is 13.9 Å². The van der Waals surface area contributed by atoms with Crippen LogP contribution in [-0.4, -0.2) is 76.5 Å². The molecule has 2 N–H and O–H groups in total. The summed E-state index contributed by atoms with van der Waals surface area (Å²) in [6.07, 6.45) is 9.11. The molecule has 0 bridgehead atoms. The van der Waals surface area contributed by atoms with Crippen LogP contribution in [0.25, 0.3) is 0 Å². The number of likely N-dealkylation sites (tertiary alicyclic amines) is 1. The summed E-state index contributed by atoms with van der Waals surface area (Å²) >= 11 is 0. The van der Waals surface area contributed by atoms with Gasteiger partial charge >= 0.3 is 0 Å². The molecule has 1 aliphatic carbocycles. The fourth-order valence-electron chi connectivity index (χ4n) is 6.84. The zero-order valence-electron chi connectivity index (χ0n) is 23.8. The van der Waals surface area contributed by atoms with Crippen molar-refractivity contribution in [1.82, 2.24) is 19.8 Å². The number of hydrogen-bond donors (Lipinski definition) is 1. The molecule has 5 rings (SSSR count). The van der Waals surface area contributed by atoms with Crippen molar-refractivity contribution in [3.63, 3.8) is 0 Å². The van der Waals surface area contributed by atoms with Crippen LogP contribution in [-0.2, 0) is 0 Å². The van der Waals surface area contributed by atoms with Crippen LogP contribution in [0.4, 0.5) is 10.2 Å². The fraction of sp³-hybridized carbons (Fsp3) is 0.633. The Morgan fingerprint density at radius 2 is 1.87 bits per heavy atom.